The first-order chi connectivity index (χ1) is 16.1. The maximum absolute atomic E-state index is 12.5. The minimum Gasteiger partial charge on any atom is -0.343 e. The number of hydrogen-bond donors (Lipinski definition) is 1. The Morgan fingerprint density at radius 2 is 1.82 bits per heavy atom. The van der Waals surface area contributed by atoms with E-state index in [1.807, 2.05) is 65.4 Å². The maximum Gasteiger partial charge on any atom is 0.189 e. The number of pyridine rings is 2. The average molecular weight is 437 g/mol. The van der Waals surface area contributed by atoms with Crippen LogP contribution in [0.2, 0.25) is 0 Å². The molecular weight excluding hydrogens is 412 g/mol. The topological polar surface area (TPSA) is 77.6 Å². The fraction of sp³-hybridized carbons (Fsp3) is 0.154. The van der Waals surface area contributed by atoms with Gasteiger partial charge < -0.3 is 14.5 Å². The van der Waals surface area contributed by atoms with Gasteiger partial charge in [-0.3, -0.25) is 4.79 Å². The number of rotatable bonds is 6. The highest BCUT2D eigenvalue weighted by Gasteiger charge is 2.12. The number of nitrogens with zero attached hydrogens (tertiary/aromatic N) is 5. The fourth-order valence-electron chi connectivity index (χ4n) is 3.88. The van der Waals surface area contributed by atoms with Crippen molar-refractivity contribution in [2.75, 3.05) is 5.32 Å². The second-order valence-corrected chi connectivity index (χ2v) is 8.21. The van der Waals surface area contributed by atoms with Gasteiger partial charge in [-0.05, 0) is 49.7 Å². The minimum atomic E-state index is 0.00834. The highest BCUT2D eigenvalue weighted by atomic mass is 16.1. The number of benzene rings is 2. The summed E-state index contributed by atoms with van der Waals surface area (Å²) >= 11 is 0. The summed E-state index contributed by atoms with van der Waals surface area (Å²) in [5.41, 5.74) is 3.64. The van der Waals surface area contributed by atoms with E-state index >= 15 is 0 Å². The van der Waals surface area contributed by atoms with Crippen LogP contribution < -0.4 is 10.7 Å². The van der Waals surface area contributed by atoms with Crippen molar-refractivity contribution in [1.82, 2.24) is 24.3 Å². The van der Waals surface area contributed by atoms with E-state index in [-0.39, 0.29) is 11.5 Å². The monoisotopic (exact) mass is 436 g/mol. The van der Waals surface area contributed by atoms with Crippen LogP contribution in [0.5, 0.6) is 0 Å². The summed E-state index contributed by atoms with van der Waals surface area (Å²) in [4.78, 5) is 17.2. The highest BCUT2D eigenvalue weighted by Crippen LogP contribution is 2.24. The third-order valence-electron chi connectivity index (χ3n) is 5.55. The van der Waals surface area contributed by atoms with Gasteiger partial charge in [0.05, 0.1) is 5.52 Å². The van der Waals surface area contributed by atoms with E-state index in [4.69, 9.17) is 4.98 Å². The normalized spacial score (nSPS) is 11.2. The van der Waals surface area contributed by atoms with Gasteiger partial charge in [0.2, 0.25) is 0 Å². The van der Waals surface area contributed by atoms with Crippen LogP contribution >= 0.6 is 0 Å². The standard InChI is InChI=1S/C26H24N6O/c1-18(2)32-17-27-30-26(32)22-9-6-10-25(29-22)28-20-11-12-21-23(15-20)31(14-13-24(21)33)16-19-7-4-3-5-8-19/h3-15,17-18H,16H2,1-2H3,(H,28,29). The summed E-state index contributed by atoms with van der Waals surface area (Å²) in [7, 11) is 0. The van der Waals surface area contributed by atoms with Crippen molar-refractivity contribution in [3.8, 4) is 11.5 Å². The van der Waals surface area contributed by atoms with Gasteiger partial charge in [0.25, 0.3) is 0 Å². The molecule has 33 heavy (non-hydrogen) atoms. The van der Waals surface area contributed by atoms with Gasteiger partial charge in [0, 0.05) is 35.9 Å². The molecule has 5 rings (SSSR count). The zero-order valence-electron chi connectivity index (χ0n) is 18.5. The van der Waals surface area contributed by atoms with E-state index in [9.17, 15) is 4.79 Å². The third-order valence-corrected chi connectivity index (χ3v) is 5.55. The van der Waals surface area contributed by atoms with Crippen molar-refractivity contribution in [2.24, 2.45) is 0 Å². The zero-order valence-corrected chi connectivity index (χ0v) is 18.5. The van der Waals surface area contributed by atoms with Gasteiger partial charge >= 0.3 is 0 Å². The summed E-state index contributed by atoms with van der Waals surface area (Å²) in [5, 5.41) is 12.3. The summed E-state index contributed by atoms with van der Waals surface area (Å²) in [6.07, 6.45) is 3.57. The Kier molecular flexibility index (Phi) is 5.44. The van der Waals surface area contributed by atoms with Crippen LogP contribution in [0.25, 0.3) is 22.4 Å². The number of anilines is 2. The Hall–Kier alpha value is -4.26. The van der Waals surface area contributed by atoms with Crippen molar-refractivity contribution < 1.29 is 0 Å². The van der Waals surface area contributed by atoms with E-state index < -0.39 is 0 Å². The summed E-state index contributed by atoms with van der Waals surface area (Å²) in [6.45, 7) is 4.84. The van der Waals surface area contributed by atoms with Crippen molar-refractivity contribution in [1.29, 1.82) is 0 Å². The minimum absolute atomic E-state index is 0.00834. The molecule has 0 radical (unpaired) electrons. The second kappa shape index (κ2) is 8.70. The lowest BCUT2D eigenvalue weighted by Crippen LogP contribution is -2.09. The summed E-state index contributed by atoms with van der Waals surface area (Å²) in [6, 6.07) is 23.6. The first-order valence-electron chi connectivity index (χ1n) is 10.9. The molecule has 0 atom stereocenters. The fourth-order valence-corrected chi connectivity index (χ4v) is 3.88. The molecule has 1 N–H and O–H groups in total. The molecule has 164 valence electrons. The van der Waals surface area contributed by atoms with Crippen molar-refractivity contribution >= 4 is 22.4 Å². The van der Waals surface area contributed by atoms with Crippen LogP contribution in [-0.4, -0.2) is 24.3 Å². The van der Waals surface area contributed by atoms with Crippen molar-refractivity contribution in [3.05, 3.63) is 101 Å². The molecule has 5 aromatic rings. The summed E-state index contributed by atoms with van der Waals surface area (Å²) < 4.78 is 4.08. The molecule has 0 fully saturated rings. The molecule has 0 aliphatic heterocycles. The van der Waals surface area contributed by atoms with Crippen LogP contribution in [0, 0.1) is 0 Å². The lowest BCUT2D eigenvalue weighted by molar-refractivity contribution is 0.603. The molecule has 0 amide bonds. The molecule has 3 heterocycles. The molecule has 7 heteroatoms. The van der Waals surface area contributed by atoms with Crippen LogP contribution in [0.1, 0.15) is 25.5 Å². The molecule has 3 aromatic heterocycles. The quantitative estimate of drug-likeness (QED) is 0.404. The number of fused-ring (bicyclic) bond motifs is 1. The number of nitrogens with one attached hydrogen (secondary N) is 1. The van der Waals surface area contributed by atoms with Gasteiger partial charge in [0.1, 0.15) is 17.8 Å². The molecule has 2 aromatic carbocycles. The molecule has 0 bridgehead atoms. The van der Waals surface area contributed by atoms with E-state index in [0.717, 1.165) is 22.7 Å². The number of hydrogen-bond acceptors (Lipinski definition) is 5. The van der Waals surface area contributed by atoms with E-state index in [1.165, 1.54) is 5.56 Å². The lowest BCUT2D eigenvalue weighted by Gasteiger charge is -2.14. The Labute approximate surface area is 191 Å². The van der Waals surface area contributed by atoms with Crippen LogP contribution in [0.4, 0.5) is 11.5 Å². The maximum atomic E-state index is 12.5. The highest BCUT2D eigenvalue weighted by molar-refractivity contribution is 5.83. The largest absolute Gasteiger partial charge is 0.343 e. The third kappa shape index (κ3) is 4.25. The van der Waals surface area contributed by atoms with Crippen LogP contribution in [0.15, 0.2) is 90.1 Å². The van der Waals surface area contributed by atoms with E-state index in [2.05, 4.69) is 46.1 Å². The van der Waals surface area contributed by atoms with E-state index in [0.29, 0.717) is 17.7 Å². The van der Waals surface area contributed by atoms with E-state index in [1.54, 1.807) is 12.4 Å². The van der Waals surface area contributed by atoms with Crippen molar-refractivity contribution in [2.45, 2.75) is 26.4 Å². The molecule has 0 saturated carbocycles. The van der Waals surface area contributed by atoms with Crippen molar-refractivity contribution in [3.63, 3.8) is 0 Å². The lowest BCUT2D eigenvalue weighted by atomic mass is 10.1. The average Bonchev–Trinajstić information content (AvgIpc) is 3.32. The first-order valence-corrected chi connectivity index (χ1v) is 10.9. The van der Waals surface area contributed by atoms with Crippen LogP contribution in [0.3, 0.4) is 0 Å². The molecule has 0 saturated heterocycles. The smallest absolute Gasteiger partial charge is 0.189 e. The zero-order chi connectivity index (χ0) is 22.8. The van der Waals surface area contributed by atoms with Gasteiger partial charge in [-0.1, -0.05) is 36.4 Å². The van der Waals surface area contributed by atoms with Gasteiger partial charge in [0.15, 0.2) is 11.3 Å². The Bertz CT molecular complexity index is 1470. The predicted octanol–water partition coefficient (Wildman–Crippen LogP) is 5.03. The first kappa shape index (κ1) is 20.6. The molecule has 7 nitrogen and oxygen atoms in total. The molecule has 0 aliphatic carbocycles. The predicted molar refractivity (Wildman–Crippen MR) is 131 cm³/mol. The number of aromatic nitrogens is 5. The van der Waals surface area contributed by atoms with Gasteiger partial charge in [-0.25, -0.2) is 4.98 Å². The van der Waals surface area contributed by atoms with Gasteiger partial charge in [-0.15, -0.1) is 10.2 Å². The second-order valence-electron chi connectivity index (χ2n) is 8.21. The molecule has 0 spiro atoms. The van der Waals surface area contributed by atoms with Gasteiger partial charge in [-0.2, -0.15) is 0 Å². The Balaban J connectivity index is 1.49. The SMILES string of the molecule is CC(C)n1cnnc1-c1cccc(Nc2ccc3c(=O)ccn(Cc4ccccc4)c3c2)n1. The Morgan fingerprint density at radius 1 is 0.970 bits per heavy atom. The van der Waals surface area contributed by atoms with Crippen LogP contribution in [-0.2, 0) is 6.54 Å². The summed E-state index contributed by atoms with van der Waals surface area (Å²) in [5.74, 6) is 1.42. The molecular formula is C26H24N6O. The molecule has 0 unspecified atom stereocenters. The molecule has 0 aliphatic rings. The Morgan fingerprint density at radius 3 is 2.64 bits per heavy atom.